The number of nitrogens with one attached hydrogen (secondary N) is 1. The van der Waals surface area contributed by atoms with Crippen LogP contribution in [0.5, 0.6) is 5.75 Å². The van der Waals surface area contributed by atoms with E-state index < -0.39 is 0 Å². The smallest absolute Gasteiger partial charge is 0.322 e. The lowest BCUT2D eigenvalue weighted by molar-refractivity contribution is 0.102. The van der Waals surface area contributed by atoms with Gasteiger partial charge < -0.3 is 9.15 Å². The molecule has 1 aromatic heterocycles. The summed E-state index contributed by atoms with van der Waals surface area (Å²) in [5, 5.41) is 10.3. The first kappa shape index (κ1) is 13.8. The van der Waals surface area contributed by atoms with Gasteiger partial charge in [-0.25, -0.2) is 0 Å². The number of carbonyl (C=O) groups excluding carboxylic acids is 1. The monoisotopic (exact) mass is 295 g/mol. The zero-order chi connectivity index (χ0) is 15.4. The van der Waals surface area contributed by atoms with Crippen molar-refractivity contribution in [3.63, 3.8) is 0 Å². The molecule has 1 heterocycles. The van der Waals surface area contributed by atoms with Crippen molar-refractivity contribution < 1.29 is 13.9 Å². The molecular weight excluding hydrogens is 282 g/mol. The zero-order valence-electron chi connectivity index (χ0n) is 11.8. The van der Waals surface area contributed by atoms with Gasteiger partial charge in [0.05, 0.1) is 12.7 Å². The Balaban J connectivity index is 1.81. The quantitative estimate of drug-likeness (QED) is 0.800. The van der Waals surface area contributed by atoms with Crippen molar-refractivity contribution in [3.8, 4) is 17.2 Å². The molecule has 0 atom stereocenters. The van der Waals surface area contributed by atoms with Crippen LogP contribution in [0.25, 0.3) is 11.5 Å². The van der Waals surface area contributed by atoms with E-state index in [9.17, 15) is 4.79 Å². The van der Waals surface area contributed by atoms with E-state index in [4.69, 9.17) is 9.15 Å². The number of anilines is 1. The van der Waals surface area contributed by atoms with Gasteiger partial charge in [-0.05, 0) is 24.3 Å². The minimum atomic E-state index is -0.309. The van der Waals surface area contributed by atoms with Crippen LogP contribution in [-0.4, -0.2) is 23.2 Å². The molecule has 110 valence electrons. The maximum absolute atomic E-state index is 12.0. The number of nitrogens with zero attached hydrogens (tertiary/aromatic N) is 2. The van der Waals surface area contributed by atoms with Crippen molar-refractivity contribution in [2.45, 2.75) is 0 Å². The fourth-order valence-electron chi connectivity index (χ4n) is 1.96. The first-order valence-corrected chi connectivity index (χ1v) is 6.61. The highest BCUT2D eigenvalue weighted by Gasteiger charge is 2.15. The summed E-state index contributed by atoms with van der Waals surface area (Å²) < 4.78 is 10.7. The number of amides is 1. The number of rotatable bonds is 4. The fourth-order valence-corrected chi connectivity index (χ4v) is 1.96. The summed E-state index contributed by atoms with van der Waals surface area (Å²) >= 11 is 0. The van der Waals surface area contributed by atoms with Gasteiger partial charge in [0.1, 0.15) is 5.75 Å². The van der Waals surface area contributed by atoms with Gasteiger partial charge in [0.15, 0.2) is 0 Å². The summed E-state index contributed by atoms with van der Waals surface area (Å²) in [6.45, 7) is 0. The molecule has 0 spiro atoms. The predicted molar refractivity (Wildman–Crippen MR) is 80.7 cm³/mol. The Hall–Kier alpha value is -3.15. The Labute approximate surface area is 126 Å². The molecule has 3 aromatic rings. The topological polar surface area (TPSA) is 77.3 Å². The van der Waals surface area contributed by atoms with E-state index in [0.29, 0.717) is 16.9 Å². The maximum Gasteiger partial charge on any atom is 0.322 e. The Morgan fingerprint density at radius 3 is 2.55 bits per heavy atom. The third-order valence-corrected chi connectivity index (χ3v) is 3.02. The highest BCUT2D eigenvalue weighted by Crippen LogP contribution is 2.29. The van der Waals surface area contributed by atoms with Gasteiger partial charge in [-0.3, -0.25) is 10.1 Å². The van der Waals surface area contributed by atoms with Crippen LogP contribution in [0, 0.1) is 0 Å². The van der Waals surface area contributed by atoms with Crippen molar-refractivity contribution in [3.05, 3.63) is 60.2 Å². The Morgan fingerprint density at radius 2 is 1.77 bits per heavy atom. The van der Waals surface area contributed by atoms with Crippen molar-refractivity contribution in [2.24, 2.45) is 0 Å². The van der Waals surface area contributed by atoms with E-state index >= 15 is 0 Å². The molecule has 0 aliphatic carbocycles. The van der Waals surface area contributed by atoms with E-state index in [1.165, 1.54) is 0 Å². The molecule has 0 unspecified atom stereocenters. The molecule has 0 fully saturated rings. The average Bonchev–Trinajstić information content (AvgIpc) is 3.04. The third-order valence-electron chi connectivity index (χ3n) is 3.02. The lowest BCUT2D eigenvalue weighted by atomic mass is 10.2. The SMILES string of the molecule is COc1ccccc1-c1nnc(NC(=O)c2ccccc2)o1. The third kappa shape index (κ3) is 2.80. The first-order chi connectivity index (χ1) is 10.8. The summed E-state index contributed by atoms with van der Waals surface area (Å²) in [6, 6.07) is 16.1. The molecule has 3 rings (SSSR count). The van der Waals surface area contributed by atoms with Crippen molar-refractivity contribution in [1.29, 1.82) is 0 Å². The van der Waals surface area contributed by atoms with Gasteiger partial charge in [-0.1, -0.05) is 35.4 Å². The summed E-state index contributed by atoms with van der Waals surface area (Å²) in [6.07, 6.45) is 0. The number of ether oxygens (including phenoxy) is 1. The summed E-state index contributed by atoms with van der Waals surface area (Å²) in [7, 11) is 1.56. The minimum absolute atomic E-state index is 0.0368. The average molecular weight is 295 g/mol. The molecule has 1 N–H and O–H groups in total. The summed E-state index contributed by atoms with van der Waals surface area (Å²) in [5.74, 6) is 0.587. The molecule has 6 nitrogen and oxygen atoms in total. The number of hydrogen-bond donors (Lipinski definition) is 1. The molecule has 0 radical (unpaired) electrons. The van der Waals surface area contributed by atoms with Gasteiger partial charge in [0, 0.05) is 5.56 Å². The highest BCUT2D eigenvalue weighted by molar-refractivity contribution is 6.03. The minimum Gasteiger partial charge on any atom is -0.496 e. The second-order valence-corrected chi connectivity index (χ2v) is 4.43. The molecule has 0 aliphatic heterocycles. The second-order valence-electron chi connectivity index (χ2n) is 4.43. The van der Waals surface area contributed by atoms with Crippen LogP contribution < -0.4 is 10.1 Å². The van der Waals surface area contributed by atoms with Gasteiger partial charge in [-0.15, -0.1) is 5.10 Å². The molecule has 0 bridgehead atoms. The van der Waals surface area contributed by atoms with Gasteiger partial charge in [-0.2, -0.15) is 0 Å². The lowest BCUT2D eigenvalue weighted by Gasteiger charge is -2.03. The van der Waals surface area contributed by atoms with Crippen LogP contribution in [0.2, 0.25) is 0 Å². The lowest BCUT2D eigenvalue weighted by Crippen LogP contribution is -2.11. The summed E-state index contributed by atoms with van der Waals surface area (Å²) in [4.78, 5) is 12.0. The largest absolute Gasteiger partial charge is 0.496 e. The molecule has 6 heteroatoms. The Morgan fingerprint density at radius 1 is 1.05 bits per heavy atom. The van der Waals surface area contributed by atoms with Crippen LogP contribution in [0.15, 0.2) is 59.0 Å². The van der Waals surface area contributed by atoms with Crippen molar-refractivity contribution in [2.75, 3.05) is 12.4 Å². The molecular formula is C16H13N3O3. The highest BCUT2D eigenvalue weighted by atomic mass is 16.5. The Kier molecular flexibility index (Phi) is 3.82. The van der Waals surface area contributed by atoms with Crippen molar-refractivity contribution in [1.82, 2.24) is 10.2 Å². The van der Waals surface area contributed by atoms with E-state index in [1.807, 2.05) is 18.2 Å². The van der Waals surface area contributed by atoms with Crippen LogP contribution >= 0.6 is 0 Å². The van der Waals surface area contributed by atoms with Crippen molar-refractivity contribution >= 4 is 11.9 Å². The molecule has 0 saturated heterocycles. The van der Waals surface area contributed by atoms with E-state index in [-0.39, 0.29) is 17.8 Å². The van der Waals surface area contributed by atoms with E-state index in [1.54, 1.807) is 43.5 Å². The van der Waals surface area contributed by atoms with Crippen LogP contribution in [0.1, 0.15) is 10.4 Å². The van der Waals surface area contributed by atoms with Gasteiger partial charge in [0.2, 0.25) is 0 Å². The van der Waals surface area contributed by atoms with Gasteiger partial charge in [0.25, 0.3) is 11.8 Å². The fraction of sp³-hybridized carbons (Fsp3) is 0.0625. The standard InChI is InChI=1S/C16H13N3O3/c1-21-13-10-6-5-9-12(13)15-18-19-16(22-15)17-14(20)11-7-3-2-4-8-11/h2-10H,1H3,(H,17,19,20). The second kappa shape index (κ2) is 6.09. The van der Waals surface area contributed by atoms with E-state index in [2.05, 4.69) is 15.5 Å². The number of para-hydroxylation sites is 1. The molecule has 0 saturated carbocycles. The normalized spacial score (nSPS) is 10.2. The van der Waals surface area contributed by atoms with E-state index in [0.717, 1.165) is 0 Å². The molecule has 22 heavy (non-hydrogen) atoms. The molecule has 0 aliphatic rings. The number of carbonyl (C=O) groups is 1. The molecule has 2 aromatic carbocycles. The number of hydrogen-bond acceptors (Lipinski definition) is 5. The van der Waals surface area contributed by atoms with Gasteiger partial charge >= 0.3 is 6.01 Å². The van der Waals surface area contributed by atoms with Crippen LogP contribution in [0.4, 0.5) is 6.01 Å². The zero-order valence-corrected chi connectivity index (χ0v) is 11.8. The molecule has 1 amide bonds. The number of methoxy groups -OCH3 is 1. The van der Waals surface area contributed by atoms with Crippen LogP contribution in [0.3, 0.4) is 0 Å². The summed E-state index contributed by atoms with van der Waals surface area (Å²) in [5.41, 5.74) is 1.18. The first-order valence-electron chi connectivity index (χ1n) is 6.61. The maximum atomic E-state index is 12.0. The predicted octanol–water partition coefficient (Wildman–Crippen LogP) is 3.00. The number of aromatic nitrogens is 2. The van der Waals surface area contributed by atoms with Crippen LogP contribution in [-0.2, 0) is 0 Å². The Bertz CT molecular complexity index is 784. The number of benzene rings is 2.